The summed E-state index contributed by atoms with van der Waals surface area (Å²) in [5.74, 6) is 0.662. The van der Waals surface area contributed by atoms with Gasteiger partial charge in [0.25, 0.3) is 0 Å². The summed E-state index contributed by atoms with van der Waals surface area (Å²) in [6, 6.07) is 0. The molecule has 2 N–H and O–H groups in total. The molecule has 0 bridgehead atoms. The molecule has 0 radical (unpaired) electrons. The number of hydrogen-bond acceptors (Lipinski definition) is 4. The molecule has 0 spiro atoms. The average molecular weight is 185 g/mol. The van der Waals surface area contributed by atoms with Gasteiger partial charge < -0.3 is 10.2 Å². The first-order valence-corrected chi connectivity index (χ1v) is 4.14. The molecule has 1 aromatic heterocycles. The van der Waals surface area contributed by atoms with Crippen LogP contribution in [0.4, 0.5) is 0 Å². The van der Waals surface area contributed by atoms with E-state index in [1.807, 2.05) is 0 Å². The third kappa shape index (κ3) is 2.50. The fourth-order valence-corrected chi connectivity index (χ4v) is 0.928. The zero-order valence-corrected chi connectivity index (χ0v) is 8.10. The molecule has 1 unspecified atom stereocenters. The summed E-state index contributed by atoms with van der Waals surface area (Å²) in [7, 11) is 1.75. The second-order valence-corrected chi connectivity index (χ2v) is 3.67. The van der Waals surface area contributed by atoms with E-state index in [2.05, 4.69) is 10.1 Å². The largest absolute Gasteiger partial charge is 0.390 e. The smallest absolute Gasteiger partial charge is 0.138 e. The number of aliphatic hydroxyl groups is 2. The van der Waals surface area contributed by atoms with Gasteiger partial charge in [-0.1, -0.05) is 0 Å². The molecule has 1 heterocycles. The van der Waals surface area contributed by atoms with Gasteiger partial charge in [0.15, 0.2) is 0 Å². The Labute approximate surface area is 77.0 Å². The van der Waals surface area contributed by atoms with Crippen LogP contribution in [0.1, 0.15) is 19.7 Å². The zero-order valence-electron chi connectivity index (χ0n) is 8.10. The Bertz CT molecular complexity index is 277. The van der Waals surface area contributed by atoms with Crippen molar-refractivity contribution in [2.45, 2.75) is 32.0 Å². The van der Waals surface area contributed by atoms with Crippen LogP contribution in [0.2, 0.25) is 0 Å². The van der Waals surface area contributed by atoms with Gasteiger partial charge >= 0.3 is 0 Å². The minimum Gasteiger partial charge on any atom is -0.390 e. The summed E-state index contributed by atoms with van der Waals surface area (Å²) >= 11 is 0. The molecule has 5 heteroatoms. The van der Waals surface area contributed by atoms with Crippen molar-refractivity contribution in [2.24, 2.45) is 7.05 Å². The predicted molar refractivity (Wildman–Crippen MR) is 47.0 cm³/mol. The lowest BCUT2D eigenvalue weighted by atomic mass is 9.99. The Hall–Kier alpha value is -0.940. The van der Waals surface area contributed by atoms with E-state index < -0.39 is 11.7 Å². The Morgan fingerprint density at radius 1 is 1.62 bits per heavy atom. The molecule has 13 heavy (non-hydrogen) atoms. The van der Waals surface area contributed by atoms with Gasteiger partial charge in [-0.2, -0.15) is 5.10 Å². The summed E-state index contributed by atoms with van der Waals surface area (Å²) < 4.78 is 1.58. The summed E-state index contributed by atoms with van der Waals surface area (Å²) in [5, 5.41) is 22.9. The first kappa shape index (κ1) is 10.1. The molecule has 0 fully saturated rings. The number of hydrogen-bond donors (Lipinski definition) is 2. The number of aromatic nitrogens is 3. The van der Waals surface area contributed by atoms with E-state index in [1.165, 1.54) is 6.33 Å². The highest BCUT2D eigenvalue weighted by Crippen LogP contribution is 2.12. The Morgan fingerprint density at radius 2 is 2.23 bits per heavy atom. The molecule has 0 saturated heterocycles. The van der Waals surface area contributed by atoms with Gasteiger partial charge in [-0.15, -0.1) is 0 Å². The molecule has 5 nitrogen and oxygen atoms in total. The average Bonchev–Trinajstić information content (AvgIpc) is 2.34. The first-order valence-electron chi connectivity index (χ1n) is 4.14. The van der Waals surface area contributed by atoms with Gasteiger partial charge in [-0.3, -0.25) is 4.68 Å². The monoisotopic (exact) mass is 185 g/mol. The Kier molecular flexibility index (Phi) is 2.68. The fraction of sp³-hybridized carbons (Fsp3) is 0.750. The van der Waals surface area contributed by atoms with Crippen LogP contribution in [-0.4, -0.2) is 36.7 Å². The van der Waals surface area contributed by atoms with Gasteiger partial charge in [0.2, 0.25) is 0 Å². The molecule has 1 atom stereocenters. The normalized spacial score (nSPS) is 14.5. The van der Waals surface area contributed by atoms with Crippen molar-refractivity contribution in [3.05, 3.63) is 12.2 Å². The van der Waals surface area contributed by atoms with Crippen LogP contribution >= 0.6 is 0 Å². The maximum absolute atomic E-state index is 9.55. The Morgan fingerprint density at radius 3 is 2.62 bits per heavy atom. The van der Waals surface area contributed by atoms with E-state index in [0.717, 1.165) is 0 Å². The molecule has 0 amide bonds. The van der Waals surface area contributed by atoms with E-state index >= 15 is 0 Å². The van der Waals surface area contributed by atoms with E-state index in [0.29, 0.717) is 12.2 Å². The SMILES string of the molecule is Cn1ncnc1CC(O)C(C)(C)O. The van der Waals surface area contributed by atoms with Crippen LogP contribution in [0.5, 0.6) is 0 Å². The minimum atomic E-state index is -1.11. The second kappa shape index (κ2) is 3.43. The molecule has 0 aliphatic carbocycles. The summed E-state index contributed by atoms with van der Waals surface area (Å²) in [6.07, 6.45) is 0.905. The molecule has 0 saturated carbocycles. The summed E-state index contributed by atoms with van der Waals surface area (Å²) in [4.78, 5) is 3.95. The third-order valence-electron chi connectivity index (χ3n) is 2.00. The number of aliphatic hydroxyl groups excluding tert-OH is 1. The molecule has 1 rings (SSSR count). The minimum absolute atomic E-state index is 0.306. The molecule has 0 aliphatic rings. The predicted octanol–water partition coefficient (Wildman–Crippen LogP) is -0.511. The lowest BCUT2D eigenvalue weighted by Crippen LogP contribution is -2.38. The number of aryl methyl sites for hydroxylation is 1. The lowest BCUT2D eigenvalue weighted by Gasteiger charge is -2.23. The van der Waals surface area contributed by atoms with Crippen molar-refractivity contribution in [2.75, 3.05) is 0 Å². The quantitative estimate of drug-likeness (QED) is 0.665. The molecule has 0 aliphatic heterocycles. The zero-order chi connectivity index (χ0) is 10.1. The third-order valence-corrected chi connectivity index (χ3v) is 2.00. The number of rotatable bonds is 3. The van der Waals surface area contributed by atoms with Gasteiger partial charge in [0.1, 0.15) is 12.2 Å². The maximum atomic E-state index is 9.55. The highest BCUT2D eigenvalue weighted by atomic mass is 16.3. The van der Waals surface area contributed by atoms with Crippen LogP contribution in [-0.2, 0) is 13.5 Å². The highest BCUT2D eigenvalue weighted by Gasteiger charge is 2.25. The van der Waals surface area contributed by atoms with Crippen molar-refractivity contribution in [3.8, 4) is 0 Å². The fourth-order valence-electron chi connectivity index (χ4n) is 0.928. The molecule has 0 aromatic carbocycles. The molecule has 74 valence electrons. The van der Waals surface area contributed by atoms with Crippen molar-refractivity contribution in [1.29, 1.82) is 0 Å². The van der Waals surface area contributed by atoms with Gasteiger partial charge in [0, 0.05) is 13.5 Å². The van der Waals surface area contributed by atoms with Crippen molar-refractivity contribution < 1.29 is 10.2 Å². The van der Waals surface area contributed by atoms with Gasteiger partial charge in [-0.05, 0) is 13.8 Å². The standard InChI is InChI=1S/C8H15N3O2/c1-8(2,13)6(12)4-7-9-5-10-11(7)3/h5-6,12-13H,4H2,1-3H3. The Balaban J connectivity index is 2.65. The van der Waals surface area contributed by atoms with Crippen LogP contribution in [0, 0.1) is 0 Å². The molecule has 1 aromatic rings. The van der Waals surface area contributed by atoms with E-state index in [-0.39, 0.29) is 0 Å². The van der Waals surface area contributed by atoms with Crippen molar-refractivity contribution >= 4 is 0 Å². The van der Waals surface area contributed by atoms with Crippen LogP contribution < -0.4 is 0 Å². The van der Waals surface area contributed by atoms with Crippen LogP contribution in [0.15, 0.2) is 6.33 Å². The second-order valence-electron chi connectivity index (χ2n) is 3.67. The maximum Gasteiger partial charge on any atom is 0.138 e. The summed E-state index contributed by atoms with van der Waals surface area (Å²) in [5.41, 5.74) is -1.11. The first-order chi connectivity index (χ1) is 5.91. The van der Waals surface area contributed by atoms with Crippen LogP contribution in [0.25, 0.3) is 0 Å². The molecular formula is C8H15N3O2. The van der Waals surface area contributed by atoms with E-state index in [1.54, 1.807) is 25.6 Å². The van der Waals surface area contributed by atoms with Gasteiger partial charge in [0.05, 0.1) is 11.7 Å². The topological polar surface area (TPSA) is 71.2 Å². The molecular weight excluding hydrogens is 170 g/mol. The number of nitrogens with zero attached hydrogens (tertiary/aromatic N) is 3. The van der Waals surface area contributed by atoms with Crippen molar-refractivity contribution in [3.63, 3.8) is 0 Å². The lowest BCUT2D eigenvalue weighted by molar-refractivity contribution is -0.0481. The van der Waals surface area contributed by atoms with E-state index in [9.17, 15) is 10.2 Å². The van der Waals surface area contributed by atoms with Crippen molar-refractivity contribution in [1.82, 2.24) is 14.8 Å². The highest BCUT2D eigenvalue weighted by molar-refractivity contribution is 4.91. The van der Waals surface area contributed by atoms with Gasteiger partial charge in [-0.25, -0.2) is 4.98 Å². The van der Waals surface area contributed by atoms with E-state index in [4.69, 9.17) is 0 Å². The van der Waals surface area contributed by atoms with Crippen LogP contribution in [0.3, 0.4) is 0 Å². The summed E-state index contributed by atoms with van der Waals surface area (Å²) in [6.45, 7) is 3.13.